The molecule has 0 radical (unpaired) electrons. The first-order chi connectivity index (χ1) is 14.1. The van der Waals surface area contributed by atoms with Crippen LogP contribution in [-0.2, 0) is 6.42 Å². The third-order valence-electron chi connectivity index (χ3n) is 5.53. The lowest BCUT2D eigenvalue weighted by molar-refractivity contribution is 0.0662. The summed E-state index contributed by atoms with van der Waals surface area (Å²) in [5, 5.41) is 16.5. The highest BCUT2D eigenvalue weighted by molar-refractivity contribution is 5.93. The van der Waals surface area contributed by atoms with E-state index in [-0.39, 0.29) is 17.5 Å². The van der Waals surface area contributed by atoms with Crippen LogP contribution in [0.5, 0.6) is 5.75 Å². The summed E-state index contributed by atoms with van der Waals surface area (Å²) < 4.78 is 13.0. The summed E-state index contributed by atoms with van der Waals surface area (Å²) in [5.74, 6) is 0.390. The molecule has 1 fully saturated rings. The van der Waals surface area contributed by atoms with E-state index in [1.807, 2.05) is 17.0 Å². The van der Waals surface area contributed by atoms with Gasteiger partial charge < -0.3 is 10.0 Å². The number of benzene rings is 2. The molecule has 1 aliphatic heterocycles. The summed E-state index contributed by atoms with van der Waals surface area (Å²) in [5.41, 5.74) is 3.13. The van der Waals surface area contributed by atoms with Gasteiger partial charge in [0.15, 0.2) is 0 Å². The van der Waals surface area contributed by atoms with Gasteiger partial charge in [-0.1, -0.05) is 12.1 Å². The Morgan fingerprint density at radius 1 is 1.17 bits per heavy atom. The van der Waals surface area contributed by atoms with Gasteiger partial charge in [-0.25, -0.2) is 4.39 Å². The second-order valence-electron chi connectivity index (χ2n) is 7.64. The number of halogens is 1. The van der Waals surface area contributed by atoms with Gasteiger partial charge in [0.25, 0.3) is 5.91 Å². The van der Waals surface area contributed by atoms with E-state index in [1.165, 1.54) is 12.1 Å². The molecule has 0 unspecified atom stereocenters. The molecule has 1 atom stereocenters. The number of likely N-dealkylation sites (tertiary alicyclic amines) is 1. The second kappa shape index (κ2) is 8.47. The lowest BCUT2D eigenvalue weighted by Gasteiger charge is -2.32. The van der Waals surface area contributed by atoms with Crippen molar-refractivity contribution in [1.82, 2.24) is 15.1 Å². The lowest BCUT2D eigenvalue weighted by Crippen LogP contribution is -2.40. The fourth-order valence-electron chi connectivity index (χ4n) is 3.89. The Kier molecular flexibility index (Phi) is 5.60. The Labute approximate surface area is 169 Å². The number of phenols is 1. The minimum atomic E-state index is -0.214. The van der Waals surface area contributed by atoms with E-state index >= 15 is 0 Å². The van der Waals surface area contributed by atoms with Crippen molar-refractivity contribution in [3.63, 3.8) is 0 Å². The number of rotatable bonds is 5. The van der Waals surface area contributed by atoms with Crippen LogP contribution in [0.1, 0.15) is 35.3 Å². The molecule has 0 bridgehead atoms. The maximum Gasteiger partial charge on any atom is 0.271 e. The molecular weight excluding hydrogens is 369 g/mol. The maximum atomic E-state index is 13.0. The summed E-state index contributed by atoms with van der Waals surface area (Å²) in [4.78, 5) is 14.8. The van der Waals surface area contributed by atoms with Crippen LogP contribution in [0.15, 0.2) is 54.6 Å². The topological polar surface area (TPSA) is 69.2 Å². The molecule has 0 spiro atoms. The second-order valence-corrected chi connectivity index (χ2v) is 7.64. The number of phenolic OH excluding ortho intramolecular Hbond substituents is 1. The maximum absolute atomic E-state index is 13.0. The molecule has 3 aromatic rings. The summed E-state index contributed by atoms with van der Waals surface area (Å²) in [6, 6.07) is 15.2. The van der Waals surface area contributed by atoms with Crippen LogP contribution in [0.2, 0.25) is 0 Å². The number of carbonyl (C=O) groups excluding carboxylic acids is 1. The number of aromatic amines is 1. The number of piperidine rings is 1. The zero-order valence-electron chi connectivity index (χ0n) is 16.1. The molecule has 150 valence electrons. The normalized spacial score (nSPS) is 16.7. The Hall–Kier alpha value is -3.15. The highest BCUT2D eigenvalue weighted by Gasteiger charge is 2.25. The van der Waals surface area contributed by atoms with Crippen LogP contribution >= 0.6 is 0 Å². The first kappa shape index (κ1) is 19.2. The van der Waals surface area contributed by atoms with E-state index in [4.69, 9.17) is 0 Å². The minimum absolute atomic E-state index is 0.0333. The van der Waals surface area contributed by atoms with Crippen LogP contribution in [0.4, 0.5) is 4.39 Å². The fourth-order valence-corrected chi connectivity index (χ4v) is 3.89. The molecular formula is C23H24FN3O2. The summed E-state index contributed by atoms with van der Waals surface area (Å²) in [6.07, 6.45) is 3.96. The molecule has 1 aliphatic rings. The van der Waals surface area contributed by atoms with Crippen molar-refractivity contribution in [2.24, 2.45) is 5.92 Å². The molecule has 1 saturated heterocycles. The number of hydrogen-bond donors (Lipinski definition) is 2. The zero-order valence-corrected chi connectivity index (χ0v) is 16.1. The van der Waals surface area contributed by atoms with Crippen LogP contribution in [0, 0.1) is 11.7 Å². The molecule has 0 saturated carbocycles. The van der Waals surface area contributed by atoms with Crippen molar-refractivity contribution in [3.8, 4) is 17.0 Å². The van der Waals surface area contributed by atoms with E-state index in [1.54, 1.807) is 30.3 Å². The monoisotopic (exact) mass is 393 g/mol. The highest BCUT2D eigenvalue weighted by Crippen LogP contribution is 2.25. The van der Waals surface area contributed by atoms with Crippen molar-refractivity contribution in [1.29, 1.82) is 0 Å². The van der Waals surface area contributed by atoms with Gasteiger partial charge >= 0.3 is 0 Å². The Bertz CT molecular complexity index is 967. The van der Waals surface area contributed by atoms with E-state index in [0.717, 1.165) is 49.9 Å². The quantitative estimate of drug-likeness (QED) is 0.675. The molecule has 2 N–H and O–H groups in total. The van der Waals surface area contributed by atoms with Gasteiger partial charge in [0.1, 0.15) is 17.3 Å². The number of H-pyrrole nitrogens is 1. The molecule has 2 heterocycles. The summed E-state index contributed by atoms with van der Waals surface area (Å²) >= 11 is 0. The number of aryl methyl sites for hydroxylation is 1. The molecule has 1 amide bonds. The molecule has 4 rings (SSSR count). The number of hydrogen-bond acceptors (Lipinski definition) is 3. The number of amides is 1. The van der Waals surface area contributed by atoms with Gasteiger partial charge in [0.2, 0.25) is 0 Å². The van der Waals surface area contributed by atoms with E-state index < -0.39 is 0 Å². The third kappa shape index (κ3) is 4.65. The van der Waals surface area contributed by atoms with Gasteiger partial charge in [-0.2, -0.15) is 5.10 Å². The van der Waals surface area contributed by atoms with Crippen molar-refractivity contribution in [3.05, 3.63) is 71.7 Å². The van der Waals surface area contributed by atoms with Gasteiger partial charge in [0.05, 0.1) is 5.69 Å². The van der Waals surface area contributed by atoms with Crippen molar-refractivity contribution < 1.29 is 14.3 Å². The standard InChI is InChI=1S/C23H24FN3O2/c24-19-9-5-16(6-10-19)3-4-17-2-1-13-27(15-17)23(29)22-14-21(25-26-22)18-7-11-20(28)12-8-18/h5-12,14,17,28H,1-4,13,15H2,(H,25,26)/t17-/m0/s1. The Morgan fingerprint density at radius 2 is 1.93 bits per heavy atom. The zero-order chi connectivity index (χ0) is 20.2. The number of aromatic nitrogens is 2. The predicted octanol–water partition coefficient (Wildman–Crippen LogP) is 4.41. The molecule has 0 aliphatic carbocycles. The van der Waals surface area contributed by atoms with Gasteiger partial charge in [-0.3, -0.25) is 9.89 Å². The minimum Gasteiger partial charge on any atom is -0.508 e. The molecule has 6 heteroatoms. The molecule has 2 aromatic carbocycles. The van der Waals surface area contributed by atoms with Gasteiger partial charge in [-0.05, 0) is 79.6 Å². The van der Waals surface area contributed by atoms with E-state index in [0.29, 0.717) is 17.3 Å². The third-order valence-corrected chi connectivity index (χ3v) is 5.53. The lowest BCUT2D eigenvalue weighted by atomic mass is 9.91. The number of carbonyl (C=O) groups is 1. The van der Waals surface area contributed by atoms with Crippen molar-refractivity contribution in [2.45, 2.75) is 25.7 Å². The van der Waals surface area contributed by atoms with E-state index in [2.05, 4.69) is 10.2 Å². The number of nitrogens with zero attached hydrogens (tertiary/aromatic N) is 2. The predicted molar refractivity (Wildman–Crippen MR) is 109 cm³/mol. The Balaban J connectivity index is 1.37. The first-order valence-corrected chi connectivity index (χ1v) is 9.97. The average molecular weight is 393 g/mol. The number of nitrogens with one attached hydrogen (secondary N) is 1. The number of aromatic hydroxyl groups is 1. The molecule has 29 heavy (non-hydrogen) atoms. The van der Waals surface area contributed by atoms with E-state index in [9.17, 15) is 14.3 Å². The fraction of sp³-hybridized carbons (Fsp3) is 0.304. The van der Waals surface area contributed by atoms with Gasteiger partial charge in [0, 0.05) is 18.7 Å². The molecule has 1 aromatic heterocycles. The summed E-state index contributed by atoms with van der Waals surface area (Å²) in [7, 11) is 0. The van der Waals surface area contributed by atoms with Gasteiger partial charge in [-0.15, -0.1) is 0 Å². The smallest absolute Gasteiger partial charge is 0.271 e. The largest absolute Gasteiger partial charge is 0.508 e. The van der Waals surface area contributed by atoms with Crippen LogP contribution in [-0.4, -0.2) is 39.2 Å². The van der Waals surface area contributed by atoms with Crippen molar-refractivity contribution in [2.75, 3.05) is 13.1 Å². The highest BCUT2D eigenvalue weighted by atomic mass is 19.1. The SMILES string of the molecule is O=C(c1cc(-c2ccc(O)cc2)n[nH]1)N1CCC[C@@H](CCc2ccc(F)cc2)C1. The van der Waals surface area contributed by atoms with Crippen molar-refractivity contribution >= 4 is 5.91 Å². The Morgan fingerprint density at radius 3 is 2.69 bits per heavy atom. The van der Waals surface area contributed by atoms with Crippen LogP contribution in [0.25, 0.3) is 11.3 Å². The summed E-state index contributed by atoms with van der Waals surface area (Å²) in [6.45, 7) is 1.48. The average Bonchev–Trinajstić information content (AvgIpc) is 3.24. The first-order valence-electron chi connectivity index (χ1n) is 9.97. The van der Waals surface area contributed by atoms with Crippen LogP contribution in [0.3, 0.4) is 0 Å². The van der Waals surface area contributed by atoms with Crippen LogP contribution < -0.4 is 0 Å². The molecule has 5 nitrogen and oxygen atoms in total.